The summed E-state index contributed by atoms with van der Waals surface area (Å²) in [5.41, 5.74) is 1.93. The predicted molar refractivity (Wildman–Crippen MR) is 109 cm³/mol. The molecule has 5 heteroatoms. The Morgan fingerprint density at radius 1 is 0.857 bits per heavy atom. The normalized spacial score (nSPS) is 10.5. The summed E-state index contributed by atoms with van der Waals surface area (Å²) in [6, 6.07) is 24.0. The second-order valence-electron chi connectivity index (χ2n) is 6.18. The van der Waals surface area contributed by atoms with Crippen molar-refractivity contribution in [3.63, 3.8) is 0 Å². The number of nitrogens with zero attached hydrogens (tertiary/aromatic N) is 1. The van der Waals surface area contributed by atoms with E-state index in [1.807, 2.05) is 60.7 Å². The van der Waals surface area contributed by atoms with Gasteiger partial charge in [-0.1, -0.05) is 24.3 Å². The molecule has 0 saturated carbocycles. The molecule has 0 spiro atoms. The zero-order valence-electron chi connectivity index (χ0n) is 15.3. The number of aromatic nitrogens is 1. The summed E-state index contributed by atoms with van der Waals surface area (Å²) >= 11 is 0. The van der Waals surface area contributed by atoms with E-state index in [4.69, 9.17) is 9.47 Å². The topological polar surface area (TPSA) is 60.5 Å². The van der Waals surface area contributed by atoms with E-state index in [0.717, 1.165) is 16.7 Å². The Morgan fingerprint density at radius 3 is 2.50 bits per heavy atom. The lowest BCUT2D eigenvalue weighted by Crippen LogP contribution is -2.12. The molecule has 0 radical (unpaired) electrons. The third kappa shape index (κ3) is 3.94. The van der Waals surface area contributed by atoms with Crippen LogP contribution in [0.15, 0.2) is 85.1 Å². The van der Waals surface area contributed by atoms with E-state index in [0.29, 0.717) is 22.7 Å². The van der Waals surface area contributed by atoms with E-state index in [-0.39, 0.29) is 5.91 Å². The highest BCUT2D eigenvalue weighted by molar-refractivity contribution is 6.05. The molecule has 4 rings (SSSR count). The molecule has 1 heterocycles. The molecule has 1 N–H and O–H groups in total. The van der Waals surface area contributed by atoms with Crippen molar-refractivity contribution in [2.75, 3.05) is 12.4 Å². The van der Waals surface area contributed by atoms with Crippen LogP contribution < -0.4 is 14.8 Å². The Kier molecular flexibility index (Phi) is 4.89. The second-order valence-corrected chi connectivity index (χ2v) is 6.18. The standard InChI is InChI=1S/C23H18N2O3/c1-27-20-11-10-16-12-18(15-24-22(16)14-20)25-23(26)17-6-5-9-21(13-17)28-19-7-3-2-4-8-19/h2-15H,1H3,(H,25,26). The van der Waals surface area contributed by atoms with E-state index in [9.17, 15) is 4.79 Å². The Morgan fingerprint density at radius 2 is 1.68 bits per heavy atom. The van der Waals surface area contributed by atoms with Crippen molar-refractivity contribution in [1.29, 1.82) is 0 Å². The average molecular weight is 370 g/mol. The number of anilines is 1. The Bertz CT molecular complexity index is 1130. The molecular formula is C23H18N2O3. The zero-order chi connectivity index (χ0) is 19.3. The van der Waals surface area contributed by atoms with Gasteiger partial charge < -0.3 is 14.8 Å². The van der Waals surface area contributed by atoms with Crippen molar-refractivity contribution >= 4 is 22.5 Å². The average Bonchev–Trinajstić information content (AvgIpc) is 2.74. The van der Waals surface area contributed by atoms with Gasteiger partial charge in [-0.05, 0) is 48.5 Å². The van der Waals surface area contributed by atoms with Crippen molar-refractivity contribution < 1.29 is 14.3 Å². The number of rotatable bonds is 5. The number of fused-ring (bicyclic) bond motifs is 1. The molecule has 28 heavy (non-hydrogen) atoms. The SMILES string of the molecule is COc1ccc2cc(NC(=O)c3cccc(Oc4ccccc4)c3)cnc2c1. The van der Waals surface area contributed by atoms with Crippen molar-refractivity contribution in [3.8, 4) is 17.2 Å². The molecule has 138 valence electrons. The number of carbonyl (C=O) groups is 1. The van der Waals surface area contributed by atoms with Crippen LogP contribution in [0.3, 0.4) is 0 Å². The largest absolute Gasteiger partial charge is 0.497 e. The number of hydrogen-bond donors (Lipinski definition) is 1. The minimum Gasteiger partial charge on any atom is -0.497 e. The summed E-state index contributed by atoms with van der Waals surface area (Å²) in [6.07, 6.45) is 1.63. The summed E-state index contributed by atoms with van der Waals surface area (Å²) in [5.74, 6) is 1.83. The van der Waals surface area contributed by atoms with Crippen molar-refractivity contribution in [2.24, 2.45) is 0 Å². The lowest BCUT2D eigenvalue weighted by Gasteiger charge is -2.09. The van der Waals surface area contributed by atoms with Crippen LogP contribution in [0.5, 0.6) is 17.2 Å². The maximum Gasteiger partial charge on any atom is 0.255 e. The molecule has 0 aliphatic carbocycles. The molecule has 0 aliphatic rings. The van der Waals surface area contributed by atoms with Crippen molar-refractivity contribution in [1.82, 2.24) is 4.98 Å². The smallest absolute Gasteiger partial charge is 0.255 e. The minimum atomic E-state index is -0.229. The number of nitrogens with one attached hydrogen (secondary N) is 1. The minimum absolute atomic E-state index is 0.229. The zero-order valence-corrected chi connectivity index (χ0v) is 15.3. The van der Waals surface area contributed by atoms with Crippen LogP contribution in [0.25, 0.3) is 10.9 Å². The Hall–Kier alpha value is -3.86. The number of carbonyl (C=O) groups excluding carboxylic acids is 1. The summed E-state index contributed by atoms with van der Waals surface area (Å²) < 4.78 is 11.0. The van der Waals surface area contributed by atoms with Gasteiger partial charge in [0, 0.05) is 17.0 Å². The molecule has 0 fully saturated rings. The summed E-state index contributed by atoms with van der Waals surface area (Å²) in [6.45, 7) is 0. The maximum absolute atomic E-state index is 12.6. The van der Waals surface area contributed by atoms with Gasteiger partial charge in [0.15, 0.2) is 0 Å². The van der Waals surface area contributed by atoms with E-state index >= 15 is 0 Å². The third-order valence-corrected chi connectivity index (χ3v) is 4.22. The van der Waals surface area contributed by atoms with Crippen LogP contribution in [0.4, 0.5) is 5.69 Å². The number of ether oxygens (including phenoxy) is 2. The Labute approximate surface area is 162 Å². The molecule has 3 aromatic carbocycles. The van der Waals surface area contributed by atoms with E-state index < -0.39 is 0 Å². The number of amides is 1. The number of benzene rings is 3. The van der Waals surface area contributed by atoms with Crippen LogP contribution in [-0.4, -0.2) is 18.0 Å². The van der Waals surface area contributed by atoms with Crippen molar-refractivity contribution in [2.45, 2.75) is 0 Å². The first kappa shape index (κ1) is 17.5. The Balaban J connectivity index is 1.52. The molecule has 1 amide bonds. The first-order valence-corrected chi connectivity index (χ1v) is 8.79. The van der Waals surface area contributed by atoms with Gasteiger partial charge in [0.2, 0.25) is 0 Å². The number of pyridine rings is 1. The molecule has 0 saturated heterocycles. The molecule has 5 nitrogen and oxygen atoms in total. The van der Waals surface area contributed by atoms with Gasteiger partial charge in [0.25, 0.3) is 5.91 Å². The van der Waals surface area contributed by atoms with Gasteiger partial charge in [-0.15, -0.1) is 0 Å². The van der Waals surface area contributed by atoms with Gasteiger partial charge in [0.1, 0.15) is 17.2 Å². The van der Waals surface area contributed by atoms with Crippen LogP contribution in [0.1, 0.15) is 10.4 Å². The lowest BCUT2D eigenvalue weighted by atomic mass is 10.1. The van der Waals surface area contributed by atoms with Gasteiger partial charge in [0.05, 0.1) is 24.5 Å². The number of para-hydroxylation sites is 1. The predicted octanol–water partition coefficient (Wildman–Crippen LogP) is 5.29. The summed E-state index contributed by atoms with van der Waals surface area (Å²) in [5, 5.41) is 3.80. The fraction of sp³-hybridized carbons (Fsp3) is 0.0435. The third-order valence-electron chi connectivity index (χ3n) is 4.22. The van der Waals surface area contributed by atoms with Crippen LogP contribution in [0.2, 0.25) is 0 Å². The first-order valence-electron chi connectivity index (χ1n) is 8.79. The van der Waals surface area contributed by atoms with Gasteiger partial charge in [-0.2, -0.15) is 0 Å². The summed E-state index contributed by atoms with van der Waals surface area (Å²) in [7, 11) is 1.62. The molecule has 1 aromatic heterocycles. The van der Waals surface area contributed by atoms with Gasteiger partial charge in [-0.25, -0.2) is 0 Å². The molecular weight excluding hydrogens is 352 g/mol. The second kappa shape index (κ2) is 7.80. The highest BCUT2D eigenvalue weighted by Gasteiger charge is 2.09. The monoisotopic (exact) mass is 370 g/mol. The van der Waals surface area contributed by atoms with Gasteiger partial charge in [-0.3, -0.25) is 9.78 Å². The number of methoxy groups -OCH3 is 1. The highest BCUT2D eigenvalue weighted by atomic mass is 16.5. The van der Waals surface area contributed by atoms with E-state index in [1.165, 1.54) is 0 Å². The van der Waals surface area contributed by atoms with E-state index in [1.54, 1.807) is 31.5 Å². The van der Waals surface area contributed by atoms with Crippen LogP contribution >= 0.6 is 0 Å². The quantitative estimate of drug-likeness (QED) is 0.519. The maximum atomic E-state index is 12.6. The lowest BCUT2D eigenvalue weighted by molar-refractivity contribution is 0.102. The fourth-order valence-corrected chi connectivity index (χ4v) is 2.83. The number of hydrogen-bond acceptors (Lipinski definition) is 4. The highest BCUT2D eigenvalue weighted by Crippen LogP contribution is 2.24. The summed E-state index contributed by atoms with van der Waals surface area (Å²) in [4.78, 5) is 17.0. The molecule has 0 unspecified atom stereocenters. The molecule has 0 bridgehead atoms. The fourth-order valence-electron chi connectivity index (χ4n) is 2.83. The van der Waals surface area contributed by atoms with Crippen LogP contribution in [-0.2, 0) is 0 Å². The van der Waals surface area contributed by atoms with Crippen LogP contribution in [0, 0.1) is 0 Å². The van der Waals surface area contributed by atoms with E-state index in [2.05, 4.69) is 10.3 Å². The first-order chi connectivity index (χ1) is 13.7. The van der Waals surface area contributed by atoms with Crippen molar-refractivity contribution in [3.05, 3.63) is 90.6 Å². The molecule has 0 aliphatic heterocycles. The molecule has 0 atom stereocenters. The molecule has 4 aromatic rings. The van der Waals surface area contributed by atoms with Gasteiger partial charge >= 0.3 is 0 Å².